The molecule has 1 aromatic heterocycles. The van der Waals surface area contributed by atoms with Gasteiger partial charge in [0.25, 0.3) is 0 Å². The van der Waals surface area contributed by atoms with E-state index in [1.807, 2.05) is 0 Å². The Labute approximate surface area is 115 Å². The third kappa shape index (κ3) is 3.43. The van der Waals surface area contributed by atoms with Crippen molar-refractivity contribution in [2.45, 2.75) is 50.6 Å². The Morgan fingerprint density at radius 1 is 1.45 bits per heavy atom. The number of tetrazole rings is 1. The molecule has 1 aliphatic carbocycles. The molecule has 0 saturated heterocycles. The van der Waals surface area contributed by atoms with Crippen molar-refractivity contribution in [3.63, 3.8) is 0 Å². The van der Waals surface area contributed by atoms with Crippen molar-refractivity contribution in [2.75, 3.05) is 0 Å². The number of carbonyl (C=O) groups excluding carboxylic acids is 1. The van der Waals surface area contributed by atoms with Gasteiger partial charge in [-0.1, -0.05) is 18.1 Å². The number of carbonyl (C=O) groups is 2. The molecule has 1 atom stereocenters. The summed E-state index contributed by atoms with van der Waals surface area (Å²) in [5, 5.41) is 27.8. The van der Waals surface area contributed by atoms with Crippen molar-refractivity contribution in [1.29, 1.82) is 0 Å². The molecule has 1 aromatic rings. The smallest absolute Gasteiger partial charge is 0.315 e. The lowest BCUT2D eigenvalue weighted by atomic mass is 9.93. The number of hydrogen-bond donors (Lipinski definition) is 4. The van der Waals surface area contributed by atoms with Gasteiger partial charge in [0.15, 0.2) is 5.82 Å². The Balaban J connectivity index is 1.93. The van der Waals surface area contributed by atoms with Crippen LogP contribution in [0.1, 0.15) is 50.9 Å². The minimum absolute atomic E-state index is 0.0585. The van der Waals surface area contributed by atoms with Gasteiger partial charge in [0, 0.05) is 0 Å². The predicted molar refractivity (Wildman–Crippen MR) is 67.7 cm³/mol. The number of carboxylic acids is 1. The molecule has 9 heteroatoms. The van der Waals surface area contributed by atoms with Gasteiger partial charge >= 0.3 is 12.0 Å². The lowest BCUT2D eigenvalue weighted by Crippen LogP contribution is -2.52. The van der Waals surface area contributed by atoms with E-state index in [4.69, 9.17) is 5.11 Å². The van der Waals surface area contributed by atoms with Crippen LogP contribution < -0.4 is 10.6 Å². The van der Waals surface area contributed by atoms with Crippen LogP contribution in [0.4, 0.5) is 4.79 Å². The van der Waals surface area contributed by atoms with E-state index in [1.165, 1.54) is 0 Å². The summed E-state index contributed by atoms with van der Waals surface area (Å²) in [4.78, 5) is 22.9. The lowest BCUT2D eigenvalue weighted by molar-refractivity contribution is -0.138. The first kappa shape index (κ1) is 14.2. The van der Waals surface area contributed by atoms with Crippen molar-refractivity contribution in [2.24, 2.45) is 0 Å². The van der Waals surface area contributed by atoms with Gasteiger partial charge in [-0.3, -0.25) is 4.79 Å². The third-order valence-electron chi connectivity index (χ3n) is 3.53. The van der Waals surface area contributed by atoms with E-state index >= 15 is 0 Å². The Morgan fingerprint density at radius 3 is 2.70 bits per heavy atom. The molecule has 2 amide bonds. The molecule has 1 aliphatic rings. The number of H-pyrrole nitrogens is 1. The van der Waals surface area contributed by atoms with Gasteiger partial charge < -0.3 is 15.7 Å². The number of amides is 2. The Bertz CT molecular complexity index is 469. The molecule has 1 fully saturated rings. The van der Waals surface area contributed by atoms with E-state index in [0.29, 0.717) is 18.7 Å². The Morgan fingerprint density at radius 2 is 2.15 bits per heavy atom. The molecule has 110 valence electrons. The second kappa shape index (κ2) is 5.85. The summed E-state index contributed by atoms with van der Waals surface area (Å²) in [7, 11) is 0. The summed E-state index contributed by atoms with van der Waals surface area (Å²) in [6, 6.07) is -0.817. The minimum Gasteiger partial charge on any atom is -0.481 e. The van der Waals surface area contributed by atoms with Crippen LogP contribution >= 0.6 is 0 Å². The minimum atomic E-state index is -0.904. The van der Waals surface area contributed by atoms with Crippen LogP contribution in [-0.4, -0.2) is 43.3 Å². The molecule has 4 N–H and O–H groups in total. The quantitative estimate of drug-likeness (QED) is 0.615. The second-order valence-electron chi connectivity index (χ2n) is 5.15. The van der Waals surface area contributed by atoms with Gasteiger partial charge in [0.1, 0.15) is 0 Å². The third-order valence-corrected chi connectivity index (χ3v) is 3.53. The molecule has 1 unspecified atom stereocenters. The van der Waals surface area contributed by atoms with Gasteiger partial charge in [-0.15, -0.1) is 10.2 Å². The van der Waals surface area contributed by atoms with Gasteiger partial charge in [-0.2, -0.15) is 5.21 Å². The van der Waals surface area contributed by atoms with Crippen molar-refractivity contribution >= 4 is 12.0 Å². The number of nitrogens with zero attached hydrogens (tertiary/aromatic N) is 3. The molecule has 1 heterocycles. The molecule has 9 nitrogen and oxygen atoms in total. The molecule has 0 aliphatic heterocycles. The zero-order valence-electron chi connectivity index (χ0n) is 11.2. The van der Waals surface area contributed by atoms with Crippen molar-refractivity contribution < 1.29 is 14.7 Å². The number of rotatable bonds is 5. The monoisotopic (exact) mass is 282 g/mol. The maximum Gasteiger partial charge on any atom is 0.315 e. The maximum atomic E-state index is 12.0. The molecule has 0 aromatic carbocycles. The fourth-order valence-corrected chi connectivity index (χ4v) is 2.58. The first-order chi connectivity index (χ1) is 9.51. The number of nitrogens with one attached hydrogen (secondary N) is 3. The van der Waals surface area contributed by atoms with Crippen LogP contribution in [0.15, 0.2) is 0 Å². The van der Waals surface area contributed by atoms with E-state index in [2.05, 4.69) is 31.3 Å². The number of carboxylic acid groups (broad SMARTS) is 1. The van der Waals surface area contributed by atoms with Crippen LogP contribution in [0.5, 0.6) is 0 Å². The predicted octanol–water partition coefficient (Wildman–Crippen LogP) is 0.347. The summed E-state index contributed by atoms with van der Waals surface area (Å²) in [6.07, 6.45) is 3.16. The Hall–Kier alpha value is -2.19. The topological polar surface area (TPSA) is 133 Å². The second-order valence-corrected chi connectivity index (χ2v) is 5.15. The fraction of sp³-hybridized carbons (Fsp3) is 0.727. The SMILES string of the molecule is CC(NC(=O)NC1(CC(=O)O)CCCC1)c1nn[nH]n1. The highest BCUT2D eigenvalue weighted by atomic mass is 16.4. The first-order valence-corrected chi connectivity index (χ1v) is 6.55. The van der Waals surface area contributed by atoms with Crippen LogP contribution in [0, 0.1) is 0 Å². The van der Waals surface area contributed by atoms with Crippen molar-refractivity contribution in [3.05, 3.63) is 5.82 Å². The molecule has 0 spiro atoms. The highest BCUT2D eigenvalue weighted by Gasteiger charge is 2.37. The highest BCUT2D eigenvalue weighted by molar-refractivity contribution is 5.77. The standard InChI is InChI=1S/C11H18N6O3/c1-7(9-14-16-17-15-9)12-10(20)13-11(6-8(18)19)4-2-3-5-11/h7H,2-6H2,1H3,(H,18,19)(H2,12,13,20)(H,14,15,16,17). The van der Waals surface area contributed by atoms with E-state index in [-0.39, 0.29) is 6.42 Å². The number of aliphatic carboxylic acids is 1. The number of hydrogen-bond acceptors (Lipinski definition) is 5. The van der Waals surface area contributed by atoms with Gasteiger partial charge in [-0.25, -0.2) is 4.79 Å². The number of aromatic amines is 1. The largest absolute Gasteiger partial charge is 0.481 e. The average molecular weight is 282 g/mol. The summed E-state index contributed by atoms with van der Waals surface area (Å²) < 4.78 is 0. The zero-order valence-corrected chi connectivity index (χ0v) is 11.2. The summed E-state index contributed by atoms with van der Waals surface area (Å²) >= 11 is 0. The highest BCUT2D eigenvalue weighted by Crippen LogP contribution is 2.32. The average Bonchev–Trinajstić information content (AvgIpc) is 2.98. The van der Waals surface area contributed by atoms with E-state index in [9.17, 15) is 9.59 Å². The summed E-state index contributed by atoms with van der Waals surface area (Å²) in [5.41, 5.74) is -0.646. The Kier molecular flexibility index (Phi) is 4.16. The number of aromatic nitrogens is 4. The molecule has 0 radical (unpaired) electrons. The van der Waals surface area contributed by atoms with E-state index in [1.54, 1.807) is 6.92 Å². The zero-order chi connectivity index (χ0) is 14.6. The number of urea groups is 1. The van der Waals surface area contributed by atoms with Crippen LogP contribution in [0.3, 0.4) is 0 Å². The summed E-state index contributed by atoms with van der Waals surface area (Å²) in [5.74, 6) is -0.530. The van der Waals surface area contributed by atoms with Gasteiger partial charge in [0.05, 0.1) is 18.0 Å². The molecular formula is C11H18N6O3. The molecule has 0 bridgehead atoms. The molecular weight excluding hydrogens is 264 g/mol. The van der Waals surface area contributed by atoms with Crippen LogP contribution in [-0.2, 0) is 4.79 Å². The van der Waals surface area contributed by atoms with E-state index in [0.717, 1.165) is 12.8 Å². The summed E-state index contributed by atoms with van der Waals surface area (Å²) in [6.45, 7) is 1.73. The lowest BCUT2D eigenvalue weighted by Gasteiger charge is -2.29. The fourth-order valence-electron chi connectivity index (χ4n) is 2.58. The normalized spacial score (nSPS) is 18.4. The van der Waals surface area contributed by atoms with Gasteiger partial charge in [0.2, 0.25) is 0 Å². The maximum absolute atomic E-state index is 12.0. The van der Waals surface area contributed by atoms with Crippen molar-refractivity contribution in [3.8, 4) is 0 Å². The van der Waals surface area contributed by atoms with Gasteiger partial charge in [-0.05, 0) is 19.8 Å². The molecule has 2 rings (SSSR count). The van der Waals surface area contributed by atoms with Crippen molar-refractivity contribution in [1.82, 2.24) is 31.3 Å². The van der Waals surface area contributed by atoms with E-state index < -0.39 is 23.6 Å². The van der Waals surface area contributed by atoms with Crippen LogP contribution in [0.2, 0.25) is 0 Å². The van der Waals surface area contributed by atoms with Crippen LogP contribution in [0.25, 0.3) is 0 Å². The first-order valence-electron chi connectivity index (χ1n) is 6.55. The molecule has 20 heavy (non-hydrogen) atoms. The molecule has 1 saturated carbocycles.